The minimum Gasteiger partial charge on any atom is -0.387 e. The Labute approximate surface area is 142 Å². The van der Waals surface area contributed by atoms with E-state index in [0.717, 1.165) is 28.8 Å². The van der Waals surface area contributed by atoms with Crippen molar-refractivity contribution in [2.24, 2.45) is 5.92 Å². The smallest absolute Gasteiger partial charge is 0.234 e. The second kappa shape index (κ2) is 8.29. The van der Waals surface area contributed by atoms with Crippen molar-refractivity contribution in [3.63, 3.8) is 0 Å². The molecule has 0 heterocycles. The number of amides is 1. The van der Waals surface area contributed by atoms with E-state index in [1.54, 1.807) is 0 Å². The molecule has 0 aliphatic heterocycles. The highest BCUT2D eigenvalue weighted by Gasteiger charge is 2.20. The summed E-state index contributed by atoms with van der Waals surface area (Å²) in [5, 5.41) is 18.4. The van der Waals surface area contributed by atoms with Crippen LogP contribution in [0.25, 0.3) is 10.8 Å². The minimum atomic E-state index is -0.683. The van der Waals surface area contributed by atoms with Crippen LogP contribution < -0.4 is 10.6 Å². The van der Waals surface area contributed by atoms with Crippen molar-refractivity contribution in [3.8, 4) is 0 Å². The highest BCUT2D eigenvalue weighted by atomic mass is 35.5. The first kappa shape index (κ1) is 17.7. The second-order valence-electron chi connectivity index (χ2n) is 6.00. The lowest BCUT2D eigenvalue weighted by Crippen LogP contribution is -2.36. The van der Waals surface area contributed by atoms with Gasteiger partial charge in [0, 0.05) is 6.54 Å². The predicted molar refractivity (Wildman–Crippen MR) is 94.8 cm³/mol. The van der Waals surface area contributed by atoms with Crippen molar-refractivity contribution >= 4 is 29.1 Å². The molecule has 3 rings (SSSR count). The number of rotatable bonds is 7. The Balaban J connectivity index is 0.00000192. The summed E-state index contributed by atoms with van der Waals surface area (Å²) in [6.45, 7) is 1.48. The number of aliphatic hydroxyl groups is 1. The van der Waals surface area contributed by atoms with Gasteiger partial charge in [-0.3, -0.25) is 4.79 Å². The molecule has 23 heavy (non-hydrogen) atoms. The first-order valence-electron chi connectivity index (χ1n) is 7.86. The molecule has 4 nitrogen and oxygen atoms in total. The number of hydrogen-bond acceptors (Lipinski definition) is 3. The van der Waals surface area contributed by atoms with Gasteiger partial charge >= 0.3 is 0 Å². The van der Waals surface area contributed by atoms with Gasteiger partial charge in [-0.2, -0.15) is 0 Å². The van der Waals surface area contributed by atoms with E-state index in [0.29, 0.717) is 6.54 Å². The van der Waals surface area contributed by atoms with Gasteiger partial charge in [0.1, 0.15) is 0 Å². The Morgan fingerprint density at radius 3 is 2.65 bits per heavy atom. The highest BCUT2D eigenvalue weighted by molar-refractivity contribution is 5.85. The van der Waals surface area contributed by atoms with Crippen molar-refractivity contribution in [1.29, 1.82) is 0 Å². The summed E-state index contributed by atoms with van der Waals surface area (Å²) >= 11 is 0. The van der Waals surface area contributed by atoms with Crippen LogP contribution >= 0.6 is 12.4 Å². The number of benzene rings is 2. The van der Waals surface area contributed by atoms with Crippen molar-refractivity contribution in [1.82, 2.24) is 10.6 Å². The van der Waals surface area contributed by atoms with Gasteiger partial charge in [0.15, 0.2) is 0 Å². The van der Waals surface area contributed by atoms with Crippen LogP contribution in [0.5, 0.6) is 0 Å². The fraction of sp³-hybridized carbons (Fsp3) is 0.389. The molecule has 1 unspecified atom stereocenters. The number of halogens is 1. The zero-order valence-corrected chi connectivity index (χ0v) is 13.8. The average Bonchev–Trinajstić information content (AvgIpc) is 3.36. The summed E-state index contributed by atoms with van der Waals surface area (Å²) in [5.41, 5.74) is 0.824. The van der Waals surface area contributed by atoms with Gasteiger partial charge in [-0.25, -0.2) is 0 Å². The average molecular weight is 335 g/mol. The first-order valence-corrected chi connectivity index (χ1v) is 7.86. The molecule has 1 aliphatic carbocycles. The summed E-state index contributed by atoms with van der Waals surface area (Å²) in [5.74, 6) is 0.691. The molecule has 0 bridgehead atoms. The van der Waals surface area contributed by atoms with Crippen LogP contribution in [0, 0.1) is 5.92 Å². The van der Waals surface area contributed by atoms with E-state index in [2.05, 4.69) is 10.6 Å². The molecule has 0 spiro atoms. The molecule has 5 heteroatoms. The highest BCUT2D eigenvalue weighted by Crippen LogP contribution is 2.27. The second-order valence-corrected chi connectivity index (χ2v) is 6.00. The summed E-state index contributed by atoms with van der Waals surface area (Å²) in [4.78, 5) is 11.7. The fourth-order valence-electron chi connectivity index (χ4n) is 2.52. The normalized spacial score (nSPS) is 15.0. The maximum Gasteiger partial charge on any atom is 0.234 e. The van der Waals surface area contributed by atoms with Crippen LogP contribution in [-0.4, -0.2) is 30.6 Å². The molecule has 0 aromatic heterocycles. The Kier molecular flexibility index (Phi) is 6.39. The number of aliphatic hydroxyl groups excluding tert-OH is 1. The molecule has 1 aliphatic rings. The van der Waals surface area contributed by atoms with E-state index in [-0.39, 0.29) is 24.9 Å². The van der Waals surface area contributed by atoms with Gasteiger partial charge in [0.05, 0.1) is 12.6 Å². The van der Waals surface area contributed by atoms with Gasteiger partial charge in [-0.15, -0.1) is 12.4 Å². The molecule has 2 aromatic carbocycles. The topological polar surface area (TPSA) is 61.4 Å². The molecule has 2 aromatic rings. The third kappa shape index (κ3) is 5.20. The quantitative estimate of drug-likeness (QED) is 0.728. The lowest BCUT2D eigenvalue weighted by molar-refractivity contribution is -0.120. The molecule has 124 valence electrons. The van der Waals surface area contributed by atoms with Crippen LogP contribution in [0.15, 0.2) is 42.5 Å². The van der Waals surface area contributed by atoms with Gasteiger partial charge in [-0.1, -0.05) is 36.4 Å². The van der Waals surface area contributed by atoms with Crippen LogP contribution in [0.1, 0.15) is 24.5 Å². The predicted octanol–water partition coefficient (Wildman–Crippen LogP) is 2.41. The van der Waals surface area contributed by atoms with Crippen LogP contribution in [0.3, 0.4) is 0 Å². The Bertz CT molecular complexity index is 658. The number of carbonyl (C=O) groups is 1. The molecule has 3 N–H and O–H groups in total. The summed E-state index contributed by atoms with van der Waals surface area (Å²) < 4.78 is 0. The molecule has 0 radical (unpaired) electrons. The molecule has 1 fully saturated rings. The lowest BCUT2D eigenvalue weighted by Gasteiger charge is -2.13. The molecular weight excluding hydrogens is 312 g/mol. The SMILES string of the molecule is Cl.O=C(CNCC1CC1)NCC(O)c1ccc2ccccc2c1. The number of nitrogens with one attached hydrogen (secondary N) is 2. The van der Waals surface area contributed by atoms with E-state index in [1.807, 2.05) is 42.5 Å². The van der Waals surface area contributed by atoms with E-state index in [4.69, 9.17) is 0 Å². The Hall–Kier alpha value is -1.62. The largest absolute Gasteiger partial charge is 0.387 e. The van der Waals surface area contributed by atoms with E-state index >= 15 is 0 Å². The Morgan fingerprint density at radius 2 is 1.91 bits per heavy atom. The number of hydrogen-bond donors (Lipinski definition) is 3. The van der Waals surface area contributed by atoms with E-state index in [1.165, 1.54) is 12.8 Å². The van der Waals surface area contributed by atoms with Crippen molar-refractivity contribution in [2.75, 3.05) is 19.6 Å². The fourth-order valence-corrected chi connectivity index (χ4v) is 2.52. The summed E-state index contributed by atoms with van der Waals surface area (Å²) in [7, 11) is 0. The van der Waals surface area contributed by atoms with Crippen LogP contribution in [-0.2, 0) is 4.79 Å². The third-order valence-electron chi connectivity index (χ3n) is 4.07. The van der Waals surface area contributed by atoms with E-state index in [9.17, 15) is 9.90 Å². The monoisotopic (exact) mass is 334 g/mol. The van der Waals surface area contributed by atoms with Gasteiger partial charge in [0.25, 0.3) is 0 Å². The van der Waals surface area contributed by atoms with Crippen molar-refractivity contribution in [3.05, 3.63) is 48.0 Å². The maximum atomic E-state index is 11.7. The first-order chi connectivity index (χ1) is 10.7. The van der Waals surface area contributed by atoms with Crippen molar-refractivity contribution < 1.29 is 9.90 Å². The van der Waals surface area contributed by atoms with Gasteiger partial charge < -0.3 is 15.7 Å². The van der Waals surface area contributed by atoms with Gasteiger partial charge in [0.2, 0.25) is 5.91 Å². The van der Waals surface area contributed by atoms with E-state index < -0.39 is 6.10 Å². The van der Waals surface area contributed by atoms with Gasteiger partial charge in [-0.05, 0) is 47.7 Å². The molecule has 1 amide bonds. The molecule has 1 saturated carbocycles. The summed E-state index contributed by atoms with van der Waals surface area (Å²) in [6.07, 6.45) is 1.86. The third-order valence-corrected chi connectivity index (χ3v) is 4.07. The number of fused-ring (bicyclic) bond motifs is 1. The lowest BCUT2D eigenvalue weighted by atomic mass is 10.0. The zero-order valence-electron chi connectivity index (χ0n) is 13.0. The zero-order chi connectivity index (χ0) is 15.4. The molecule has 0 saturated heterocycles. The van der Waals surface area contributed by atoms with Crippen LogP contribution in [0.2, 0.25) is 0 Å². The standard InChI is InChI=1S/C18H22N2O2.ClH/c21-17(11-20-18(22)12-19-10-13-5-6-13)16-8-7-14-3-1-2-4-15(14)9-16;/h1-4,7-9,13,17,19,21H,5-6,10-12H2,(H,20,22);1H. The molecule has 1 atom stereocenters. The number of carbonyl (C=O) groups excluding carboxylic acids is 1. The summed E-state index contributed by atoms with van der Waals surface area (Å²) in [6, 6.07) is 13.9. The molecular formula is C18H23ClN2O2. The Morgan fingerprint density at radius 1 is 1.17 bits per heavy atom. The maximum absolute atomic E-state index is 11.7. The van der Waals surface area contributed by atoms with Crippen LogP contribution in [0.4, 0.5) is 0 Å². The van der Waals surface area contributed by atoms with Crippen molar-refractivity contribution in [2.45, 2.75) is 18.9 Å². The minimum absolute atomic E-state index is 0.